The second kappa shape index (κ2) is 7.51. The number of hydrogen-bond acceptors (Lipinski definition) is 6. The first-order valence-electron chi connectivity index (χ1n) is 8.79. The highest BCUT2D eigenvalue weighted by molar-refractivity contribution is 7.99. The number of fused-ring (bicyclic) bond motifs is 2. The Kier molecular flexibility index (Phi) is 4.91. The zero-order chi connectivity index (χ0) is 19.7. The number of aryl methyl sites for hydroxylation is 1. The molecular formula is C19H18N4O4S. The first-order valence-corrected chi connectivity index (χ1v) is 9.78. The molecule has 144 valence electrons. The van der Waals surface area contributed by atoms with E-state index in [1.165, 1.54) is 17.8 Å². The van der Waals surface area contributed by atoms with Crippen LogP contribution in [0, 0.1) is 10.1 Å². The van der Waals surface area contributed by atoms with E-state index in [-0.39, 0.29) is 17.3 Å². The van der Waals surface area contributed by atoms with Crippen LogP contribution in [-0.2, 0) is 11.2 Å². The van der Waals surface area contributed by atoms with Gasteiger partial charge >= 0.3 is 0 Å². The van der Waals surface area contributed by atoms with Gasteiger partial charge in [0.1, 0.15) is 5.75 Å². The summed E-state index contributed by atoms with van der Waals surface area (Å²) >= 11 is 1.34. The van der Waals surface area contributed by atoms with Crippen LogP contribution >= 0.6 is 11.8 Å². The Hall–Kier alpha value is -3.07. The monoisotopic (exact) mass is 398 g/mol. The number of nitro benzene ring substituents is 1. The van der Waals surface area contributed by atoms with E-state index in [2.05, 4.69) is 9.97 Å². The molecule has 0 atom stereocenters. The number of carbonyl (C=O) groups is 1. The molecular weight excluding hydrogens is 380 g/mol. The van der Waals surface area contributed by atoms with Crippen LogP contribution in [0.15, 0.2) is 41.6 Å². The lowest BCUT2D eigenvalue weighted by Crippen LogP contribution is -2.36. The molecule has 1 amide bonds. The van der Waals surface area contributed by atoms with Crippen LogP contribution in [0.1, 0.15) is 12.0 Å². The van der Waals surface area contributed by atoms with E-state index in [4.69, 9.17) is 4.74 Å². The van der Waals surface area contributed by atoms with Gasteiger partial charge in [0, 0.05) is 30.4 Å². The fraction of sp³-hybridized carbons (Fsp3) is 0.263. The maximum atomic E-state index is 12.8. The molecule has 28 heavy (non-hydrogen) atoms. The van der Waals surface area contributed by atoms with Crippen LogP contribution in [0.2, 0.25) is 0 Å². The molecule has 0 aliphatic carbocycles. The SMILES string of the molecule is COc1ccc2nc(SCC(=O)N3CCCc4cc([N+](=O)[O-])ccc43)[nH]c2c1. The predicted molar refractivity (Wildman–Crippen MR) is 107 cm³/mol. The van der Waals surface area contributed by atoms with Crippen LogP contribution in [-0.4, -0.2) is 40.2 Å². The number of thioether (sulfide) groups is 1. The van der Waals surface area contributed by atoms with Crippen molar-refractivity contribution in [2.75, 3.05) is 24.3 Å². The molecule has 0 fully saturated rings. The van der Waals surface area contributed by atoms with Gasteiger partial charge in [0.05, 0.1) is 28.8 Å². The number of rotatable bonds is 5. The first kappa shape index (κ1) is 18.3. The van der Waals surface area contributed by atoms with Gasteiger partial charge in [0.15, 0.2) is 5.16 Å². The highest BCUT2D eigenvalue weighted by atomic mass is 32.2. The standard InChI is InChI=1S/C19H18N4O4S/c1-27-14-5-6-15-16(10-14)21-19(20-15)28-11-18(24)22-8-2-3-12-9-13(23(25)26)4-7-17(12)22/h4-7,9-10H,2-3,8,11H2,1H3,(H,20,21). The molecule has 2 aromatic carbocycles. The summed E-state index contributed by atoms with van der Waals surface area (Å²) in [5.41, 5.74) is 3.32. The Morgan fingerprint density at radius 1 is 1.36 bits per heavy atom. The average Bonchev–Trinajstić information content (AvgIpc) is 3.13. The molecule has 1 aliphatic heterocycles. The third-order valence-electron chi connectivity index (χ3n) is 4.69. The number of H-pyrrole nitrogens is 1. The molecule has 1 aliphatic rings. The first-order chi connectivity index (χ1) is 13.5. The molecule has 2 heterocycles. The summed E-state index contributed by atoms with van der Waals surface area (Å²) in [6, 6.07) is 10.3. The topological polar surface area (TPSA) is 101 Å². The molecule has 0 saturated carbocycles. The number of non-ortho nitro benzene ring substituents is 1. The number of nitrogens with one attached hydrogen (secondary N) is 1. The lowest BCUT2D eigenvalue weighted by atomic mass is 10.0. The quantitative estimate of drug-likeness (QED) is 0.401. The summed E-state index contributed by atoms with van der Waals surface area (Å²) in [6.45, 7) is 0.613. The number of imidazole rings is 1. The van der Waals surface area contributed by atoms with Gasteiger partial charge in [0.25, 0.3) is 5.69 Å². The van der Waals surface area contributed by atoms with Crippen molar-refractivity contribution in [1.82, 2.24) is 9.97 Å². The lowest BCUT2D eigenvalue weighted by Gasteiger charge is -2.29. The van der Waals surface area contributed by atoms with E-state index in [1.54, 1.807) is 24.1 Å². The molecule has 3 aromatic rings. The number of methoxy groups -OCH3 is 1. The van der Waals surface area contributed by atoms with Crippen molar-refractivity contribution in [2.45, 2.75) is 18.0 Å². The molecule has 0 radical (unpaired) electrons. The number of aromatic nitrogens is 2. The van der Waals surface area contributed by atoms with Crippen molar-refractivity contribution in [3.63, 3.8) is 0 Å². The number of nitro groups is 1. The van der Waals surface area contributed by atoms with Crippen LogP contribution in [0.5, 0.6) is 5.75 Å². The van der Waals surface area contributed by atoms with E-state index in [0.29, 0.717) is 11.7 Å². The van der Waals surface area contributed by atoms with Crippen LogP contribution in [0.4, 0.5) is 11.4 Å². The molecule has 0 spiro atoms. The van der Waals surface area contributed by atoms with Gasteiger partial charge < -0.3 is 14.6 Å². The number of hydrogen-bond donors (Lipinski definition) is 1. The Morgan fingerprint density at radius 3 is 3.00 bits per heavy atom. The van der Waals surface area contributed by atoms with E-state index >= 15 is 0 Å². The number of benzene rings is 2. The molecule has 9 heteroatoms. The van der Waals surface area contributed by atoms with Gasteiger partial charge in [-0.1, -0.05) is 11.8 Å². The zero-order valence-corrected chi connectivity index (χ0v) is 16.0. The molecule has 1 aromatic heterocycles. The van der Waals surface area contributed by atoms with Crippen molar-refractivity contribution in [3.05, 3.63) is 52.1 Å². The normalized spacial score (nSPS) is 13.4. The van der Waals surface area contributed by atoms with Gasteiger partial charge in [-0.05, 0) is 36.6 Å². The van der Waals surface area contributed by atoms with E-state index < -0.39 is 4.92 Å². The Morgan fingerprint density at radius 2 is 2.21 bits per heavy atom. The minimum Gasteiger partial charge on any atom is -0.497 e. The highest BCUT2D eigenvalue weighted by Gasteiger charge is 2.24. The van der Waals surface area contributed by atoms with Crippen molar-refractivity contribution in [3.8, 4) is 5.75 Å². The Bertz CT molecular complexity index is 1070. The van der Waals surface area contributed by atoms with Gasteiger partial charge in [-0.15, -0.1) is 0 Å². The van der Waals surface area contributed by atoms with Crippen molar-refractivity contribution in [2.24, 2.45) is 0 Å². The number of aromatic amines is 1. The van der Waals surface area contributed by atoms with Gasteiger partial charge in [-0.3, -0.25) is 14.9 Å². The summed E-state index contributed by atoms with van der Waals surface area (Å²) in [7, 11) is 1.61. The smallest absolute Gasteiger partial charge is 0.269 e. The Labute approximate surface area is 165 Å². The molecule has 4 rings (SSSR count). The zero-order valence-electron chi connectivity index (χ0n) is 15.2. The van der Waals surface area contributed by atoms with Crippen LogP contribution in [0.3, 0.4) is 0 Å². The van der Waals surface area contributed by atoms with Crippen molar-refractivity contribution < 1.29 is 14.5 Å². The number of carbonyl (C=O) groups excluding carboxylic acids is 1. The predicted octanol–water partition coefficient (Wildman–Crippen LogP) is 3.55. The fourth-order valence-electron chi connectivity index (χ4n) is 3.32. The second-order valence-electron chi connectivity index (χ2n) is 6.43. The third-order valence-corrected chi connectivity index (χ3v) is 5.55. The summed E-state index contributed by atoms with van der Waals surface area (Å²) in [5, 5.41) is 11.6. The summed E-state index contributed by atoms with van der Waals surface area (Å²) in [5.74, 6) is 0.925. The molecule has 1 N–H and O–H groups in total. The molecule has 0 saturated heterocycles. The molecule has 0 bridgehead atoms. The van der Waals surface area contributed by atoms with Gasteiger partial charge in [-0.25, -0.2) is 4.98 Å². The fourth-order valence-corrected chi connectivity index (χ4v) is 4.09. The van der Waals surface area contributed by atoms with Gasteiger partial charge in [-0.2, -0.15) is 0 Å². The van der Waals surface area contributed by atoms with Crippen molar-refractivity contribution >= 4 is 40.1 Å². The summed E-state index contributed by atoms with van der Waals surface area (Å²) < 4.78 is 5.21. The van der Waals surface area contributed by atoms with Crippen LogP contribution < -0.4 is 9.64 Å². The number of nitrogens with zero attached hydrogens (tertiary/aromatic N) is 3. The minimum atomic E-state index is -0.409. The molecule has 0 unspecified atom stereocenters. The lowest BCUT2D eigenvalue weighted by molar-refractivity contribution is -0.384. The number of anilines is 1. The van der Waals surface area contributed by atoms with Crippen molar-refractivity contribution in [1.29, 1.82) is 0 Å². The second-order valence-corrected chi connectivity index (χ2v) is 7.40. The molecule has 8 nitrogen and oxygen atoms in total. The number of amides is 1. The third kappa shape index (κ3) is 3.53. The van der Waals surface area contributed by atoms with E-state index in [1.807, 2.05) is 18.2 Å². The summed E-state index contributed by atoms with van der Waals surface area (Å²) in [6.07, 6.45) is 1.52. The van der Waals surface area contributed by atoms with Crippen LogP contribution in [0.25, 0.3) is 11.0 Å². The minimum absolute atomic E-state index is 0.0437. The Balaban J connectivity index is 1.48. The van der Waals surface area contributed by atoms with Gasteiger partial charge in [0.2, 0.25) is 5.91 Å². The number of ether oxygens (including phenoxy) is 1. The summed E-state index contributed by atoms with van der Waals surface area (Å²) in [4.78, 5) is 32.7. The largest absolute Gasteiger partial charge is 0.497 e. The van der Waals surface area contributed by atoms with E-state index in [9.17, 15) is 14.9 Å². The average molecular weight is 398 g/mol. The maximum absolute atomic E-state index is 12.8. The van der Waals surface area contributed by atoms with E-state index in [0.717, 1.165) is 40.9 Å². The maximum Gasteiger partial charge on any atom is 0.269 e. The highest BCUT2D eigenvalue weighted by Crippen LogP contribution is 2.31.